The van der Waals surface area contributed by atoms with E-state index in [1.807, 2.05) is 12.3 Å². The molecule has 1 aliphatic rings. The van der Waals surface area contributed by atoms with Gasteiger partial charge in [-0.1, -0.05) is 0 Å². The third kappa shape index (κ3) is 4.34. The van der Waals surface area contributed by atoms with Crippen LogP contribution in [0.1, 0.15) is 6.92 Å². The van der Waals surface area contributed by atoms with Crippen LogP contribution in [0.3, 0.4) is 0 Å². The van der Waals surface area contributed by atoms with Gasteiger partial charge in [0.15, 0.2) is 5.13 Å². The number of aromatic nitrogens is 1. The molecule has 122 valence electrons. The number of amides is 1. The molecule has 1 fully saturated rings. The van der Waals surface area contributed by atoms with Crippen molar-refractivity contribution in [3.05, 3.63) is 35.5 Å². The number of ether oxygens (including phenoxy) is 1. The van der Waals surface area contributed by atoms with Crippen LogP contribution in [0.4, 0.5) is 9.52 Å². The fourth-order valence-electron chi connectivity index (χ4n) is 2.48. The van der Waals surface area contributed by atoms with Gasteiger partial charge in [0.2, 0.25) is 5.91 Å². The molecule has 23 heavy (non-hydrogen) atoms. The second kappa shape index (κ2) is 7.16. The van der Waals surface area contributed by atoms with E-state index in [0.717, 1.165) is 24.3 Å². The first-order valence-corrected chi connectivity index (χ1v) is 8.33. The monoisotopic (exact) mass is 335 g/mol. The van der Waals surface area contributed by atoms with E-state index in [1.54, 1.807) is 12.1 Å². The molecule has 5 nitrogen and oxygen atoms in total. The lowest BCUT2D eigenvalue weighted by molar-refractivity contribution is -0.119. The fourth-order valence-corrected chi connectivity index (χ4v) is 3.22. The zero-order chi connectivity index (χ0) is 16.2. The van der Waals surface area contributed by atoms with Gasteiger partial charge in [-0.25, -0.2) is 9.37 Å². The summed E-state index contributed by atoms with van der Waals surface area (Å²) < 4.78 is 18.4. The first kappa shape index (κ1) is 16.0. The van der Waals surface area contributed by atoms with Crippen LogP contribution in [0.5, 0.6) is 0 Å². The summed E-state index contributed by atoms with van der Waals surface area (Å²) in [7, 11) is 0. The first-order chi connectivity index (χ1) is 11.1. The van der Waals surface area contributed by atoms with E-state index in [9.17, 15) is 9.18 Å². The zero-order valence-corrected chi connectivity index (χ0v) is 13.6. The van der Waals surface area contributed by atoms with Crippen LogP contribution in [-0.2, 0) is 9.53 Å². The molecule has 1 aliphatic heterocycles. The first-order valence-electron chi connectivity index (χ1n) is 7.45. The number of morpholine rings is 1. The van der Waals surface area contributed by atoms with Crippen LogP contribution in [-0.4, -0.2) is 48.1 Å². The number of carbonyl (C=O) groups is 1. The molecule has 2 heterocycles. The molecule has 1 aromatic heterocycles. The highest BCUT2D eigenvalue weighted by Crippen LogP contribution is 2.25. The van der Waals surface area contributed by atoms with Crippen LogP contribution < -0.4 is 5.32 Å². The molecule has 1 unspecified atom stereocenters. The van der Waals surface area contributed by atoms with Gasteiger partial charge in [0.1, 0.15) is 5.82 Å². The maximum atomic E-state index is 12.9. The van der Waals surface area contributed by atoms with E-state index in [4.69, 9.17) is 4.74 Å². The van der Waals surface area contributed by atoms with Crippen molar-refractivity contribution in [1.29, 1.82) is 0 Å². The smallest absolute Gasteiger partial charge is 0.240 e. The van der Waals surface area contributed by atoms with Crippen LogP contribution in [0.2, 0.25) is 0 Å². The number of thiazole rings is 1. The molecule has 7 heteroatoms. The molecular formula is C16H18FN3O2S. The molecule has 0 spiro atoms. The van der Waals surface area contributed by atoms with Gasteiger partial charge in [-0.05, 0) is 31.2 Å². The quantitative estimate of drug-likeness (QED) is 0.933. The number of carbonyl (C=O) groups excluding carboxylic acids is 1. The van der Waals surface area contributed by atoms with Gasteiger partial charge in [0.25, 0.3) is 0 Å². The molecule has 0 aliphatic carbocycles. The molecule has 2 aromatic rings. The second-order valence-electron chi connectivity index (χ2n) is 5.51. The molecule has 1 amide bonds. The average molecular weight is 335 g/mol. The fraction of sp³-hybridized carbons (Fsp3) is 0.375. The van der Waals surface area contributed by atoms with E-state index in [0.29, 0.717) is 18.3 Å². The van der Waals surface area contributed by atoms with Crippen molar-refractivity contribution in [3.63, 3.8) is 0 Å². The van der Waals surface area contributed by atoms with Gasteiger partial charge < -0.3 is 10.1 Å². The van der Waals surface area contributed by atoms with Crippen molar-refractivity contribution in [2.45, 2.75) is 13.0 Å². The predicted octanol–water partition coefficient (Wildman–Crippen LogP) is 2.61. The van der Waals surface area contributed by atoms with E-state index in [-0.39, 0.29) is 17.8 Å². The number of hydrogen-bond acceptors (Lipinski definition) is 5. The molecule has 3 rings (SSSR count). The molecule has 1 aromatic carbocycles. The molecule has 0 radical (unpaired) electrons. The zero-order valence-electron chi connectivity index (χ0n) is 12.8. The van der Waals surface area contributed by atoms with Crippen LogP contribution in [0.15, 0.2) is 29.6 Å². The van der Waals surface area contributed by atoms with Gasteiger partial charge in [-0.2, -0.15) is 0 Å². The Morgan fingerprint density at radius 3 is 3.00 bits per heavy atom. The summed E-state index contributed by atoms with van der Waals surface area (Å²) in [5, 5.41) is 5.22. The van der Waals surface area contributed by atoms with E-state index in [1.165, 1.54) is 23.5 Å². The Kier molecular flexibility index (Phi) is 5.00. The third-order valence-corrected chi connectivity index (χ3v) is 4.34. The minimum absolute atomic E-state index is 0.0842. The Morgan fingerprint density at radius 1 is 1.48 bits per heavy atom. The van der Waals surface area contributed by atoms with Gasteiger partial charge in [0.05, 0.1) is 24.9 Å². The Balaban J connectivity index is 1.58. The van der Waals surface area contributed by atoms with Gasteiger partial charge >= 0.3 is 0 Å². The summed E-state index contributed by atoms with van der Waals surface area (Å²) in [6.07, 6.45) is 0.154. The number of hydrogen-bond donors (Lipinski definition) is 1. The highest BCUT2D eigenvalue weighted by Gasteiger charge is 2.19. The minimum Gasteiger partial charge on any atom is -0.376 e. The van der Waals surface area contributed by atoms with Gasteiger partial charge in [0, 0.05) is 24.0 Å². The summed E-state index contributed by atoms with van der Waals surface area (Å²) >= 11 is 1.36. The number of halogens is 1. The highest BCUT2D eigenvalue weighted by molar-refractivity contribution is 7.14. The van der Waals surface area contributed by atoms with Crippen LogP contribution in [0.25, 0.3) is 11.3 Å². The van der Waals surface area contributed by atoms with Crippen molar-refractivity contribution < 1.29 is 13.9 Å². The number of nitrogens with one attached hydrogen (secondary N) is 1. The molecule has 1 atom stereocenters. The van der Waals surface area contributed by atoms with Crippen LogP contribution in [0, 0.1) is 5.82 Å². The average Bonchev–Trinajstić information content (AvgIpc) is 2.96. The van der Waals surface area contributed by atoms with Crippen molar-refractivity contribution in [2.75, 3.05) is 31.6 Å². The summed E-state index contributed by atoms with van der Waals surface area (Å²) in [5.74, 6) is -0.364. The highest BCUT2D eigenvalue weighted by atomic mass is 32.1. The molecule has 1 saturated heterocycles. The van der Waals surface area contributed by atoms with E-state index in [2.05, 4.69) is 15.2 Å². The molecular weight excluding hydrogens is 317 g/mol. The number of rotatable bonds is 4. The van der Waals surface area contributed by atoms with E-state index < -0.39 is 0 Å². The van der Waals surface area contributed by atoms with Gasteiger partial charge in [-0.15, -0.1) is 11.3 Å². The Hall–Kier alpha value is -1.83. The Labute approximate surface area is 138 Å². The lowest BCUT2D eigenvalue weighted by atomic mass is 10.2. The summed E-state index contributed by atoms with van der Waals surface area (Å²) in [5.41, 5.74) is 1.55. The Morgan fingerprint density at radius 2 is 2.26 bits per heavy atom. The van der Waals surface area contributed by atoms with Crippen molar-refractivity contribution in [3.8, 4) is 11.3 Å². The molecule has 1 N–H and O–H groups in total. The topological polar surface area (TPSA) is 54.5 Å². The minimum atomic E-state index is -0.280. The number of anilines is 1. The van der Waals surface area contributed by atoms with Crippen molar-refractivity contribution in [2.24, 2.45) is 0 Å². The number of benzene rings is 1. The summed E-state index contributed by atoms with van der Waals surface area (Å²) in [6.45, 7) is 4.50. The second-order valence-corrected chi connectivity index (χ2v) is 6.37. The van der Waals surface area contributed by atoms with Crippen LogP contribution >= 0.6 is 11.3 Å². The maximum absolute atomic E-state index is 12.9. The molecule has 0 saturated carbocycles. The summed E-state index contributed by atoms with van der Waals surface area (Å²) in [6, 6.07) is 6.13. The summed E-state index contributed by atoms with van der Waals surface area (Å²) in [4.78, 5) is 18.5. The normalized spacial score (nSPS) is 18.8. The van der Waals surface area contributed by atoms with Gasteiger partial charge in [-0.3, -0.25) is 9.69 Å². The lowest BCUT2D eigenvalue weighted by Gasteiger charge is -2.30. The van der Waals surface area contributed by atoms with E-state index >= 15 is 0 Å². The molecule has 0 bridgehead atoms. The maximum Gasteiger partial charge on any atom is 0.240 e. The Bertz CT molecular complexity index is 674. The standard InChI is InChI=1S/C16H18FN3O2S/c1-11-8-20(6-7-22-11)9-15(21)19-16-18-14(10-23-16)12-2-4-13(17)5-3-12/h2-5,10-11H,6-9H2,1H3,(H,18,19,21). The predicted molar refractivity (Wildman–Crippen MR) is 88.0 cm³/mol. The van der Waals surface area contributed by atoms with Crippen molar-refractivity contribution >= 4 is 22.4 Å². The number of nitrogens with zero attached hydrogens (tertiary/aromatic N) is 2. The third-order valence-electron chi connectivity index (χ3n) is 3.58. The van der Waals surface area contributed by atoms with Crippen molar-refractivity contribution in [1.82, 2.24) is 9.88 Å². The lowest BCUT2D eigenvalue weighted by Crippen LogP contribution is -2.44. The SMILES string of the molecule is CC1CN(CC(=O)Nc2nc(-c3ccc(F)cc3)cs2)CCO1. The largest absolute Gasteiger partial charge is 0.376 e.